The van der Waals surface area contributed by atoms with E-state index in [4.69, 9.17) is 16.2 Å². The van der Waals surface area contributed by atoms with Crippen molar-refractivity contribution in [2.45, 2.75) is 51.7 Å². The van der Waals surface area contributed by atoms with Crippen LogP contribution in [-0.2, 0) is 26.3 Å². The van der Waals surface area contributed by atoms with Crippen LogP contribution in [0.3, 0.4) is 0 Å². The zero-order valence-corrected chi connectivity index (χ0v) is 21.8. The highest BCUT2D eigenvalue weighted by atomic mass is 32.1. The number of nitrogens with zero attached hydrogens (tertiary/aromatic N) is 1. The molecule has 0 aliphatic heterocycles. The number of carbonyl (C=O) groups is 3. The van der Waals surface area contributed by atoms with E-state index in [1.165, 1.54) is 11.3 Å². The van der Waals surface area contributed by atoms with Gasteiger partial charge in [-0.3, -0.25) is 9.59 Å². The smallest absolute Gasteiger partial charge is 0.407 e. The number of amides is 3. The summed E-state index contributed by atoms with van der Waals surface area (Å²) in [6, 6.07) is 12.7. The lowest BCUT2D eigenvalue weighted by atomic mass is 9.67. The van der Waals surface area contributed by atoms with Gasteiger partial charge in [-0.25, -0.2) is 9.78 Å². The number of carbonyl (C=O) groups excluding carboxylic acids is 3. The fourth-order valence-electron chi connectivity index (χ4n) is 4.18. The van der Waals surface area contributed by atoms with Crippen molar-refractivity contribution >= 4 is 45.1 Å². The highest BCUT2D eigenvalue weighted by molar-refractivity contribution is 7.19. The summed E-state index contributed by atoms with van der Waals surface area (Å²) < 4.78 is 6.27. The van der Waals surface area contributed by atoms with Crippen molar-refractivity contribution in [3.05, 3.63) is 59.1 Å². The number of benzene rings is 1. The molecule has 0 bridgehead atoms. The normalized spacial score (nSPS) is 14.0. The van der Waals surface area contributed by atoms with Crippen LogP contribution in [0.5, 0.6) is 0 Å². The Morgan fingerprint density at radius 3 is 2.42 bits per heavy atom. The van der Waals surface area contributed by atoms with Crippen LogP contribution in [0.2, 0.25) is 0 Å². The molecule has 10 heteroatoms. The molecule has 0 radical (unpaired) electrons. The number of ether oxygens (including phenoxy) is 1. The van der Waals surface area contributed by atoms with Gasteiger partial charge >= 0.3 is 6.09 Å². The van der Waals surface area contributed by atoms with Crippen LogP contribution in [0, 0.1) is 5.92 Å². The molecule has 192 valence electrons. The van der Waals surface area contributed by atoms with Gasteiger partial charge in [0.05, 0.1) is 17.9 Å². The Hall–Kier alpha value is -3.66. The largest absolute Gasteiger partial charge is 0.444 e. The maximum Gasteiger partial charge on any atom is 0.407 e. The quantitative estimate of drug-likeness (QED) is 0.346. The topological polar surface area (TPSA) is 149 Å². The molecule has 0 saturated carbocycles. The molecule has 0 aliphatic carbocycles. The summed E-state index contributed by atoms with van der Waals surface area (Å²) in [5.41, 5.74) is 10.5. The zero-order valence-electron chi connectivity index (χ0n) is 21.0. The molecular weight excluding hydrogens is 478 g/mol. The standard InChI is InChI=1S/C26H33N5O4S/c1-16(22(32)31-15-18-14-19-20(36-18)10-12-29-21(19)27)26(23(28)33,17-8-6-5-7-9-17)11-13-30-24(34)35-25(2,3)4/h5-10,12,14,16H,11,13,15H2,1-4H3,(H2,27,29)(H2,28,33)(H,30,34)(H,31,32)/t16-,26+/m0/s1. The van der Waals surface area contributed by atoms with E-state index in [0.29, 0.717) is 11.4 Å². The fourth-order valence-corrected chi connectivity index (χ4v) is 5.18. The van der Waals surface area contributed by atoms with Crippen LogP contribution in [0.25, 0.3) is 10.1 Å². The number of pyridine rings is 1. The Balaban J connectivity index is 1.80. The first-order valence-electron chi connectivity index (χ1n) is 11.7. The average molecular weight is 512 g/mol. The fraction of sp³-hybridized carbons (Fsp3) is 0.385. The molecule has 3 rings (SSSR count). The number of aromatic nitrogens is 1. The van der Waals surface area contributed by atoms with E-state index in [9.17, 15) is 14.4 Å². The van der Waals surface area contributed by atoms with Crippen molar-refractivity contribution in [1.29, 1.82) is 0 Å². The van der Waals surface area contributed by atoms with Crippen molar-refractivity contribution in [2.75, 3.05) is 12.3 Å². The SMILES string of the molecule is C[C@@H](C(=O)NCc1cc2c(N)nccc2s1)[C@@](CCNC(=O)OC(C)(C)C)(C(N)=O)c1ccccc1. The predicted octanol–water partition coefficient (Wildman–Crippen LogP) is 3.47. The molecule has 0 unspecified atom stereocenters. The Morgan fingerprint density at radius 2 is 1.81 bits per heavy atom. The summed E-state index contributed by atoms with van der Waals surface area (Å²) in [7, 11) is 0. The molecule has 2 heterocycles. The molecule has 0 fully saturated rings. The minimum Gasteiger partial charge on any atom is -0.444 e. The van der Waals surface area contributed by atoms with Gasteiger partial charge in [0.2, 0.25) is 11.8 Å². The maximum atomic E-state index is 13.3. The number of hydrogen-bond acceptors (Lipinski definition) is 7. The molecule has 0 spiro atoms. The van der Waals surface area contributed by atoms with Gasteiger partial charge in [0, 0.05) is 27.7 Å². The Morgan fingerprint density at radius 1 is 1.11 bits per heavy atom. The molecule has 9 nitrogen and oxygen atoms in total. The highest BCUT2D eigenvalue weighted by Crippen LogP contribution is 2.36. The molecule has 1 aromatic carbocycles. The lowest BCUT2D eigenvalue weighted by Crippen LogP contribution is -2.53. The van der Waals surface area contributed by atoms with Crippen LogP contribution < -0.4 is 22.1 Å². The van der Waals surface area contributed by atoms with E-state index < -0.39 is 28.9 Å². The van der Waals surface area contributed by atoms with E-state index in [2.05, 4.69) is 15.6 Å². The number of thiophene rings is 1. The monoisotopic (exact) mass is 511 g/mol. The second-order valence-corrected chi connectivity index (χ2v) is 10.8. The van der Waals surface area contributed by atoms with Gasteiger partial charge in [-0.05, 0) is 44.9 Å². The number of primary amides is 1. The van der Waals surface area contributed by atoms with Crippen molar-refractivity contribution in [3.8, 4) is 0 Å². The second kappa shape index (κ2) is 10.9. The van der Waals surface area contributed by atoms with Gasteiger partial charge in [0.15, 0.2) is 0 Å². The van der Waals surface area contributed by atoms with Gasteiger partial charge in [-0.15, -0.1) is 11.3 Å². The number of anilines is 1. The summed E-state index contributed by atoms with van der Waals surface area (Å²) in [6.45, 7) is 7.32. The molecular formula is C26H33N5O4S. The number of nitrogen functional groups attached to an aromatic ring is 1. The summed E-state index contributed by atoms with van der Waals surface area (Å²) in [5, 5.41) is 6.44. The molecule has 2 atom stereocenters. The van der Waals surface area contributed by atoms with Gasteiger partial charge < -0.3 is 26.8 Å². The Bertz CT molecular complexity index is 1240. The number of alkyl carbamates (subject to hydrolysis) is 1. The van der Waals surface area contributed by atoms with E-state index in [1.54, 1.807) is 58.2 Å². The second-order valence-electron chi connectivity index (χ2n) is 9.64. The minimum absolute atomic E-state index is 0.0902. The molecule has 3 amide bonds. The molecule has 0 saturated heterocycles. The lowest BCUT2D eigenvalue weighted by molar-refractivity contribution is -0.135. The van der Waals surface area contributed by atoms with Crippen molar-refractivity contribution in [2.24, 2.45) is 11.7 Å². The summed E-state index contributed by atoms with van der Waals surface area (Å²) in [5.74, 6) is -1.37. The van der Waals surface area contributed by atoms with Gasteiger partial charge in [0.1, 0.15) is 11.4 Å². The first-order valence-corrected chi connectivity index (χ1v) is 12.5. The van der Waals surface area contributed by atoms with E-state index in [1.807, 2.05) is 18.2 Å². The zero-order chi connectivity index (χ0) is 26.5. The predicted molar refractivity (Wildman–Crippen MR) is 141 cm³/mol. The summed E-state index contributed by atoms with van der Waals surface area (Å²) in [6.07, 6.45) is 1.15. The molecule has 2 aromatic heterocycles. The third-order valence-corrected chi connectivity index (χ3v) is 7.11. The summed E-state index contributed by atoms with van der Waals surface area (Å²) in [4.78, 5) is 43.5. The number of fused-ring (bicyclic) bond motifs is 1. The van der Waals surface area contributed by atoms with Gasteiger partial charge in [0.25, 0.3) is 0 Å². The Kier molecular flexibility index (Phi) is 8.19. The molecule has 3 aromatic rings. The van der Waals surface area contributed by atoms with Crippen molar-refractivity contribution < 1.29 is 19.1 Å². The van der Waals surface area contributed by atoms with Crippen molar-refractivity contribution in [1.82, 2.24) is 15.6 Å². The van der Waals surface area contributed by atoms with E-state index >= 15 is 0 Å². The number of rotatable bonds is 9. The molecule has 6 N–H and O–H groups in total. The minimum atomic E-state index is -1.35. The van der Waals surface area contributed by atoms with E-state index in [-0.39, 0.29) is 25.4 Å². The number of nitrogens with two attached hydrogens (primary N) is 2. The first-order chi connectivity index (χ1) is 16.9. The lowest BCUT2D eigenvalue weighted by Gasteiger charge is -2.36. The molecule has 0 aliphatic rings. The van der Waals surface area contributed by atoms with Gasteiger partial charge in [-0.1, -0.05) is 37.3 Å². The highest BCUT2D eigenvalue weighted by Gasteiger charge is 2.46. The summed E-state index contributed by atoms with van der Waals surface area (Å²) >= 11 is 1.51. The first kappa shape index (κ1) is 26.9. The van der Waals surface area contributed by atoms with Gasteiger partial charge in [-0.2, -0.15) is 0 Å². The van der Waals surface area contributed by atoms with Crippen LogP contribution in [0.4, 0.5) is 10.6 Å². The molecule has 36 heavy (non-hydrogen) atoms. The van der Waals surface area contributed by atoms with Crippen LogP contribution in [-0.4, -0.2) is 35.0 Å². The van der Waals surface area contributed by atoms with Crippen molar-refractivity contribution in [3.63, 3.8) is 0 Å². The third kappa shape index (κ3) is 6.12. The third-order valence-electron chi connectivity index (χ3n) is 6.01. The maximum absolute atomic E-state index is 13.3. The van der Waals surface area contributed by atoms with Crippen LogP contribution in [0.15, 0.2) is 48.7 Å². The number of nitrogens with one attached hydrogen (secondary N) is 2. The van der Waals surface area contributed by atoms with Crippen LogP contribution >= 0.6 is 11.3 Å². The average Bonchev–Trinajstić information content (AvgIpc) is 3.24. The van der Waals surface area contributed by atoms with Crippen LogP contribution in [0.1, 0.15) is 44.6 Å². The Labute approximate surface area is 214 Å². The van der Waals surface area contributed by atoms with E-state index in [0.717, 1.165) is 15.0 Å². The number of hydrogen-bond donors (Lipinski definition) is 4.